The molecule has 1 N–H and O–H groups in total. The van der Waals surface area contributed by atoms with Crippen LogP contribution in [0.2, 0.25) is 0 Å². The minimum Gasteiger partial charge on any atom is -0.486 e. The highest BCUT2D eigenvalue weighted by Gasteiger charge is 2.06. The van der Waals surface area contributed by atoms with Crippen molar-refractivity contribution in [2.45, 2.75) is 6.61 Å². The molecule has 5 heteroatoms. The Bertz CT molecular complexity index is 793. The van der Waals surface area contributed by atoms with Gasteiger partial charge in [-0.05, 0) is 24.3 Å². The summed E-state index contributed by atoms with van der Waals surface area (Å²) in [6, 6.07) is 19.2. The van der Waals surface area contributed by atoms with E-state index in [1.165, 1.54) is 11.3 Å². The number of nitrogens with zero attached hydrogens (tertiary/aromatic N) is 2. The lowest BCUT2D eigenvalue weighted by Gasteiger charge is -2.05. The number of nitriles is 1. The van der Waals surface area contributed by atoms with Crippen LogP contribution >= 0.6 is 11.3 Å². The van der Waals surface area contributed by atoms with Crippen LogP contribution < -0.4 is 10.1 Å². The molecule has 108 valence electrons. The minimum absolute atomic E-state index is 0.339. The van der Waals surface area contributed by atoms with E-state index < -0.39 is 0 Å². The molecule has 0 aliphatic heterocycles. The number of aromatic nitrogens is 1. The second-order valence-corrected chi connectivity index (χ2v) is 5.39. The lowest BCUT2D eigenvalue weighted by Crippen LogP contribution is -1.98. The topological polar surface area (TPSA) is 57.9 Å². The quantitative estimate of drug-likeness (QED) is 0.762. The van der Waals surface area contributed by atoms with Gasteiger partial charge < -0.3 is 10.1 Å². The molecule has 0 bridgehead atoms. The number of anilines is 2. The number of rotatable bonds is 5. The average molecular weight is 307 g/mol. The van der Waals surface area contributed by atoms with Gasteiger partial charge in [0.25, 0.3) is 0 Å². The van der Waals surface area contributed by atoms with Crippen LogP contribution in [0.5, 0.6) is 5.75 Å². The Balaban J connectivity index is 1.64. The first-order chi connectivity index (χ1) is 10.8. The molecule has 0 saturated heterocycles. The second kappa shape index (κ2) is 6.74. The molecule has 0 aliphatic carbocycles. The first kappa shape index (κ1) is 14.1. The van der Waals surface area contributed by atoms with E-state index in [4.69, 9.17) is 10.00 Å². The fourth-order valence-corrected chi connectivity index (χ4v) is 2.63. The van der Waals surface area contributed by atoms with Crippen LogP contribution in [0.25, 0.3) is 0 Å². The molecule has 0 saturated carbocycles. The highest BCUT2D eigenvalue weighted by Crippen LogP contribution is 2.22. The Hall–Kier alpha value is -2.84. The molecular formula is C17H13N3OS. The zero-order valence-corrected chi connectivity index (χ0v) is 12.5. The molecule has 22 heavy (non-hydrogen) atoms. The third-order valence-corrected chi connectivity index (χ3v) is 3.77. The van der Waals surface area contributed by atoms with Crippen LogP contribution in [0, 0.1) is 11.3 Å². The van der Waals surface area contributed by atoms with Crippen molar-refractivity contribution in [3.8, 4) is 11.8 Å². The van der Waals surface area contributed by atoms with E-state index in [2.05, 4.69) is 16.4 Å². The fourth-order valence-electron chi connectivity index (χ4n) is 1.91. The molecule has 0 radical (unpaired) electrons. The largest absolute Gasteiger partial charge is 0.486 e. The first-order valence-electron chi connectivity index (χ1n) is 6.73. The molecule has 0 spiro atoms. The lowest BCUT2D eigenvalue weighted by atomic mass is 10.2. The van der Waals surface area contributed by atoms with E-state index in [-0.39, 0.29) is 0 Å². The number of nitrogens with one attached hydrogen (secondary N) is 1. The van der Waals surface area contributed by atoms with Gasteiger partial charge in [0.05, 0.1) is 11.3 Å². The van der Waals surface area contributed by atoms with E-state index >= 15 is 0 Å². The normalized spacial score (nSPS) is 9.95. The Morgan fingerprint density at radius 2 is 1.86 bits per heavy atom. The monoisotopic (exact) mass is 307 g/mol. The van der Waals surface area contributed by atoms with Crippen LogP contribution in [0.1, 0.15) is 11.3 Å². The van der Waals surface area contributed by atoms with Gasteiger partial charge in [0.2, 0.25) is 0 Å². The van der Waals surface area contributed by atoms with Crippen LogP contribution in [0.4, 0.5) is 10.8 Å². The predicted molar refractivity (Wildman–Crippen MR) is 87.3 cm³/mol. The Morgan fingerprint density at radius 1 is 1.09 bits per heavy atom. The summed E-state index contributed by atoms with van der Waals surface area (Å²) in [6.07, 6.45) is 0. The summed E-state index contributed by atoms with van der Waals surface area (Å²) in [4.78, 5) is 4.48. The van der Waals surface area contributed by atoms with Crippen LogP contribution in [0.3, 0.4) is 0 Å². The molecule has 0 fully saturated rings. The van der Waals surface area contributed by atoms with Gasteiger partial charge in [-0.15, -0.1) is 11.3 Å². The van der Waals surface area contributed by atoms with Gasteiger partial charge in [0.1, 0.15) is 18.4 Å². The minimum atomic E-state index is 0.339. The van der Waals surface area contributed by atoms with Crippen molar-refractivity contribution >= 4 is 22.2 Å². The molecule has 1 heterocycles. The summed E-state index contributed by atoms with van der Waals surface area (Å²) in [6.45, 7) is 0.339. The van der Waals surface area contributed by atoms with Gasteiger partial charge in [-0.25, -0.2) is 4.98 Å². The number of hydrogen-bond acceptors (Lipinski definition) is 5. The number of benzene rings is 2. The van der Waals surface area contributed by atoms with E-state index in [1.54, 1.807) is 12.1 Å². The molecule has 0 amide bonds. The highest BCUT2D eigenvalue weighted by atomic mass is 32.1. The van der Waals surface area contributed by atoms with Crippen molar-refractivity contribution < 1.29 is 4.74 Å². The zero-order valence-electron chi connectivity index (χ0n) is 11.7. The number of hydrogen-bond donors (Lipinski definition) is 1. The van der Waals surface area contributed by atoms with Gasteiger partial charge in [-0.3, -0.25) is 0 Å². The first-order valence-corrected chi connectivity index (χ1v) is 7.61. The van der Waals surface area contributed by atoms with Crippen LogP contribution in [-0.2, 0) is 6.61 Å². The molecular weight excluding hydrogens is 294 g/mol. The van der Waals surface area contributed by atoms with Gasteiger partial charge >= 0.3 is 0 Å². The van der Waals surface area contributed by atoms with Gasteiger partial charge in [0, 0.05) is 11.1 Å². The van der Waals surface area contributed by atoms with E-state index in [9.17, 15) is 0 Å². The summed E-state index contributed by atoms with van der Waals surface area (Å²) in [7, 11) is 0. The van der Waals surface area contributed by atoms with E-state index in [0.717, 1.165) is 16.5 Å². The van der Waals surface area contributed by atoms with Crippen molar-refractivity contribution in [1.82, 2.24) is 4.98 Å². The average Bonchev–Trinajstić information content (AvgIpc) is 3.01. The Labute approximate surface area is 132 Å². The standard InChI is InChI=1S/C17H13N3OS/c18-10-13-6-4-5-9-16(13)21-11-15-12-22-17(20-15)19-14-7-2-1-3-8-14/h1-9,12H,11H2,(H,19,20). The molecule has 0 atom stereocenters. The lowest BCUT2D eigenvalue weighted by molar-refractivity contribution is 0.301. The third-order valence-electron chi connectivity index (χ3n) is 2.96. The number of thiazole rings is 1. The van der Waals surface area contributed by atoms with E-state index in [0.29, 0.717) is 17.9 Å². The Morgan fingerprint density at radius 3 is 2.68 bits per heavy atom. The van der Waals surface area contributed by atoms with Crippen molar-refractivity contribution in [1.29, 1.82) is 5.26 Å². The summed E-state index contributed by atoms with van der Waals surface area (Å²) < 4.78 is 5.67. The van der Waals surface area contributed by atoms with Crippen molar-refractivity contribution in [2.24, 2.45) is 0 Å². The van der Waals surface area contributed by atoms with Crippen molar-refractivity contribution in [3.63, 3.8) is 0 Å². The zero-order chi connectivity index (χ0) is 15.2. The van der Waals surface area contributed by atoms with Crippen LogP contribution in [-0.4, -0.2) is 4.98 Å². The van der Waals surface area contributed by atoms with Crippen LogP contribution in [0.15, 0.2) is 60.0 Å². The highest BCUT2D eigenvalue weighted by molar-refractivity contribution is 7.13. The number of para-hydroxylation sites is 2. The molecule has 4 nitrogen and oxygen atoms in total. The Kier molecular flexibility index (Phi) is 4.33. The maximum atomic E-state index is 9.03. The number of ether oxygens (including phenoxy) is 1. The molecule has 0 aliphatic rings. The molecule has 3 aromatic rings. The molecule has 2 aromatic carbocycles. The SMILES string of the molecule is N#Cc1ccccc1OCc1csc(Nc2ccccc2)n1. The second-order valence-electron chi connectivity index (χ2n) is 4.53. The van der Waals surface area contributed by atoms with Gasteiger partial charge in [-0.2, -0.15) is 5.26 Å². The maximum absolute atomic E-state index is 9.03. The molecule has 0 unspecified atom stereocenters. The van der Waals surface area contributed by atoms with E-state index in [1.807, 2.05) is 47.8 Å². The fraction of sp³-hybridized carbons (Fsp3) is 0.0588. The molecule has 1 aromatic heterocycles. The maximum Gasteiger partial charge on any atom is 0.187 e. The van der Waals surface area contributed by atoms with Gasteiger partial charge in [0.15, 0.2) is 5.13 Å². The smallest absolute Gasteiger partial charge is 0.187 e. The summed E-state index contributed by atoms with van der Waals surface area (Å²) in [5.41, 5.74) is 2.36. The summed E-state index contributed by atoms with van der Waals surface area (Å²) >= 11 is 1.52. The van der Waals surface area contributed by atoms with Crippen molar-refractivity contribution in [2.75, 3.05) is 5.32 Å². The predicted octanol–water partition coefficient (Wildman–Crippen LogP) is 4.34. The summed E-state index contributed by atoms with van der Waals surface area (Å²) in [5.74, 6) is 0.579. The van der Waals surface area contributed by atoms with Crippen molar-refractivity contribution in [3.05, 3.63) is 71.2 Å². The van der Waals surface area contributed by atoms with Gasteiger partial charge in [-0.1, -0.05) is 30.3 Å². The summed E-state index contributed by atoms with van der Waals surface area (Å²) in [5, 5.41) is 15.0. The molecule has 3 rings (SSSR count). The third kappa shape index (κ3) is 3.43.